The first-order valence-electron chi connectivity index (χ1n) is 5.35. The fourth-order valence-electron chi connectivity index (χ4n) is 1.27. The van der Waals surface area contributed by atoms with Gasteiger partial charge in [0.25, 0.3) is 0 Å². The van der Waals surface area contributed by atoms with Crippen molar-refractivity contribution in [3.8, 4) is 0 Å². The van der Waals surface area contributed by atoms with Gasteiger partial charge in [0, 0.05) is 10.9 Å². The number of nitrogens with zero attached hydrogens (tertiary/aromatic N) is 1. The standard InChI is InChI=1S/C11H12ClF3N2O2S/c1-10(2,7(16)9(18)19)20-8-6(12)3-5(4-17-8)11(13,14)15/h3-4,7H,16H2,1-2H3,(H,18,19). The summed E-state index contributed by atoms with van der Waals surface area (Å²) in [6.45, 7) is 3.10. The Bertz CT molecular complexity index is 523. The number of thioether (sulfide) groups is 1. The van der Waals surface area contributed by atoms with E-state index in [4.69, 9.17) is 22.4 Å². The summed E-state index contributed by atoms with van der Waals surface area (Å²) in [6.07, 6.45) is -3.89. The number of aliphatic carboxylic acids is 1. The molecule has 0 aliphatic heterocycles. The lowest BCUT2D eigenvalue weighted by Crippen LogP contribution is -2.46. The molecule has 0 aliphatic rings. The smallest absolute Gasteiger partial charge is 0.417 e. The van der Waals surface area contributed by atoms with Crippen molar-refractivity contribution in [1.82, 2.24) is 4.98 Å². The summed E-state index contributed by atoms with van der Waals surface area (Å²) in [6, 6.07) is -0.466. The molecule has 0 aliphatic carbocycles. The molecule has 20 heavy (non-hydrogen) atoms. The Hall–Kier alpha value is -0.990. The molecule has 1 atom stereocenters. The normalized spacial score (nSPS) is 14.2. The maximum Gasteiger partial charge on any atom is 0.417 e. The minimum atomic E-state index is -4.53. The second-order valence-corrected chi connectivity index (χ2v) is 6.58. The Kier molecular flexibility index (Phi) is 4.94. The monoisotopic (exact) mass is 328 g/mol. The molecule has 0 fully saturated rings. The minimum Gasteiger partial charge on any atom is -0.480 e. The third kappa shape index (κ3) is 4.00. The van der Waals surface area contributed by atoms with Gasteiger partial charge in [-0.1, -0.05) is 23.4 Å². The second kappa shape index (κ2) is 5.79. The van der Waals surface area contributed by atoms with Crippen LogP contribution in [-0.2, 0) is 11.0 Å². The highest BCUT2D eigenvalue weighted by Gasteiger charge is 2.35. The molecular weight excluding hydrogens is 317 g/mol. The van der Waals surface area contributed by atoms with Crippen molar-refractivity contribution in [3.05, 3.63) is 22.8 Å². The predicted molar refractivity (Wildman–Crippen MR) is 69.8 cm³/mol. The summed E-state index contributed by atoms with van der Waals surface area (Å²) in [5.41, 5.74) is 4.55. The lowest BCUT2D eigenvalue weighted by Gasteiger charge is -2.27. The lowest BCUT2D eigenvalue weighted by atomic mass is 10.1. The molecule has 0 radical (unpaired) electrons. The van der Waals surface area contributed by atoms with E-state index >= 15 is 0 Å². The molecular formula is C11H12ClF3N2O2S. The van der Waals surface area contributed by atoms with Crippen molar-refractivity contribution in [2.75, 3.05) is 0 Å². The fourth-order valence-corrected chi connectivity index (χ4v) is 2.54. The molecule has 0 spiro atoms. The molecule has 3 N–H and O–H groups in total. The molecule has 0 bridgehead atoms. The van der Waals surface area contributed by atoms with Gasteiger partial charge in [-0.2, -0.15) is 13.2 Å². The molecule has 112 valence electrons. The van der Waals surface area contributed by atoms with Gasteiger partial charge in [0.05, 0.1) is 10.6 Å². The molecule has 0 amide bonds. The van der Waals surface area contributed by atoms with Gasteiger partial charge >= 0.3 is 12.1 Å². The Morgan fingerprint density at radius 2 is 2.05 bits per heavy atom. The number of halogens is 4. The number of aromatic nitrogens is 1. The molecule has 1 heterocycles. The number of pyridine rings is 1. The lowest BCUT2D eigenvalue weighted by molar-refractivity contribution is -0.139. The summed E-state index contributed by atoms with van der Waals surface area (Å²) < 4.78 is 36.4. The van der Waals surface area contributed by atoms with Crippen LogP contribution in [0.25, 0.3) is 0 Å². The van der Waals surface area contributed by atoms with E-state index in [-0.39, 0.29) is 10.0 Å². The first kappa shape index (κ1) is 17.1. The van der Waals surface area contributed by atoms with Crippen LogP contribution in [0.2, 0.25) is 5.02 Å². The molecule has 4 nitrogen and oxygen atoms in total. The van der Waals surface area contributed by atoms with Crippen LogP contribution in [0.1, 0.15) is 19.4 Å². The number of carbonyl (C=O) groups is 1. The van der Waals surface area contributed by atoms with Gasteiger partial charge in [0.15, 0.2) is 0 Å². The first-order chi connectivity index (χ1) is 8.95. The van der Waals surface area contributed by atoms with Gasteiger partial charge < -0.3 is 10.8 Å². The van der Waals surface area contributed by atoms with Gasteiger partial charge in [-0.3, -0.25) is 4.79 Å². The third-order valence-electron chi connectivity index (χ3n) is 2.51. The fraction of sp³-hybridized carbons (Fsp3) is 0.455. The number of carboxylic acid groups (broad SMARTS) is 1. The van der Waals surface area contributed by atoms with Crippen molar-refractivity contribution >= 4 is 29.3 Å². The van der Waals surface area contributed by atoms with Gasteiger partial charge in [0.1, 0.15) is 11.1 Å². The highest BCUT2D eigenvalue weighted by molar-refractivity contribution is 8.00. The van der Waals surface area contributed by atoms with E-state index in [0.29, 0.717) is 6.20 Å². The molecule has 0 saturated heterocycles. The van der Waals surface area contributed by atoms with E-state index in [1.165, 1.54) is 0 Å². The van der Waals surface area contributed by atoms with Crippen LogP contribution in [0.4, 0.5) is 13.2 Å². The summed E-state index contributed by atoms with van der Waals surface area (Å²) in [4.78, 5) is 14.5. The number of alkyl halides is 3. The summed E-state index contributed by atoms with van der Waals surface area (Å²) in [5.74, 6) is -1.22. The Morgan fingerprint density at radius 1 is 1.50 bits per heavy atom. The van der Waals surface area contributed by atoms with Crippen molar-refractivity contribution in [1.29, 1.82) is 0 Å². The molecule has 0 saturated carbocycles. The average Bonchev–Trinajstić information content (AvgIpc) is 2.29. The summed E-state index contributed by atoms with van der Waals surface area (Å²) >= 11 is 6.67. The maximum atomic E-state index is 12.5. The zero-order chi connectivity index (χ0) is 15.7. The van der Waals surface area contributed by atoms with E-state index in [9.17, 15) is 18.0 Å². The van der Waals surface area contributed by atoms with Crippen molar-refractivity contribution in [3.63, 3.8) is 0 Å². The number of carboxylic acids is 1. The van der Waals surface area contributed by atoms with E-state index in [2.05, 4.69) is 4.98 Å². The molecule has 9 heteroatoms. The van der Waals surface area contributed by atoms with E-state index in [1.807, 2.05) is 0 Å². The Labute approximate surface area is 122 Å². The SMILES string of the molecule is CC(C)(Sc1ncc(C(F)(F)F)cc1Cl)C(N)C(=O)O. The number of nitrogens with two attached hydrogens (primary N) is 1. The van der Waals surface area contributed by atoms with E-state index in [0.717, 1.165) is 17.8 Å². The van der Waals surface area contributed by atoms with Crippen molar-refractivity contribution in [2.24, 2.45) is 5.73 Å². The first-order valence-corrected chi connectivity index (χ1v) is 6.54. The van der Waals surface area contributed by atoms with E-state index < -0.39 is 28.5 Å². The molecule has 1 rings (SSSR count). The second-order valence-electron chi connectivity index (χ2n) is 4.53. The van der Waals surface area contributed by atoms with Crippen LogP contribution >= 0.6 is 23.4 Å². The van der Waals surface area contributed by atoms with Gasteiger partial charge in [-0.05, 0) is 19.9 Å². The predicted octanol–water partition coefficient (Wildman–Crippen LogP) is 3.04. The van der Waals surface area contributed by atoms with Gasteiger partial charge in [0.2, 0.25) is 0 Å². The zero-order valence-corrected chi connectivity index (χ0v) is 12.1. The van der Waals surface area contributed by atoms with Crippen LogP contribution in [0, 0.1) is 0 Å². The number of hydrogen-bond acceptors (Lipinski definition) is 4. The summed E-state index contributed by atoms with van der Waals surface area (Å²) in [7, 11) is 0. The van der Waals surface area contributed by atoms with Crippen LogP contribution in [0.15, 0.2) is 17.3 Å². The molecule has 1 aromatic rings. The van der Waals surface area contributed by atoms with Crippen LogP contribution < -0.4 is 5.73 Å². The van der Waals surface area contributed by atoms with Gasteiger partial charge in [-0.15, -0.1) is 0 Å². The van der Waals surface area contributed by atoms with E-state index in [1.54, 1.807) is 13.8 Å². The average molecular weight is 329 g/mol. The maximum absolute atomic E-state index is 12.5. The topological polar surface area (TPSA) is 76.2 Å². The Balaban J connectivity index is 3.03. The summed E-state index contributed by atoms with van der Waals surface area (Å²) in [5, 5.41) is 8.78. The Morgan fingerprint density at radius 3 is 2.45 bits per heavy atom. The molecule has 0 aromatic carbocycles. The van der Waals surface area contributed by atoms with Crippen LogP contribution in [-0.4, -0.2) is 26.8 Å². The van der Waals surface area contributed by atoms with Crippen LogP contribution in [0.5, 0.6) is 0 Å². The third-order valence-corrected chi connectivity index (χ3v) is 4.21. The van der Waals surface area contributed by atoms with Crippen molar-refractivity contribution < 1.29 is 23.1 Å². The highest BCUT2D eigenvalue weighted by Crippen LogP contribution is 2.39. The number of rotatable bonds is 4. The molecule has 1 aromatic heterocycles. The van der Waals surface area contributed by atoms with Gasteiger partial charge in [-0.25, -0.2) is 4.98 Å². The largest absolute Gasteiger partial charge is 0.480 e. The van der Waals surface area contributed by atoms with Crippen LogP contribution in [0.3, 0.4) is 0 Å². The zero-order valence-electron chi connectivity index (χ0n) is 10.5. The number of hydrogen-bond donors (Lipinski definition) is 2. The minimum absolute atomic E-state index is 0.0985. The quantitative estimate of drug-likeness (QED) is 0.831. The highest BCUT2D eigenvalue weighted by atomic mass is 35.5. The van der Waals surface area contributed by atoms with Crippen molar-refractivity contribution in [2.45, 2.75) is 35.8 Å². The molecule has 1 unspecified atom stereocenters.